The van der Waals surface area contributed by atoms with Crippen molar-refractivity contribution < 1.29 is 28.7 Å². The normalized spacial score (nSPS) is 13.2. The van der Waals surface area contributed by atoms with E-state index in [0.717, 1.165) is 22.3 Å². The fraction of sp³-hybridized carbons (Fsp3) is 0.407. The van der Waals surface area contributed by atoms with Gasteiger partial charge in [-0.25, -0.2) is 4.79 Å². The number of nitrogens with two attached hydrogens (primary N) is 1. The Labute approximate surface area is 210 Å². The van der Waals surface area contributed by atoms with Crippen molar-refractivity contribution in [1.29, 1.82) is 0 Å². The van der Waals surface area contributed by atoms with Gasteiger partial charge in [0.1, 0.15) is 18.2 Å². The maximum absolute atomic E-state index is 12.7. The monoisotopic (exact) mass is 495 g/mol. The third kappa shape index (κ3) is 7.31. The highest BCUT2D eigenvalue weighted by atomic mass is 16.6. The van der Waals surface area contributed by atoms with Crippen LogP contribution in [0.15, 0.2) is 48.5 Å². The Balaban J connectivity index is 1.61. The molecule has 9 heteroatoms. The molecule has 0 radical (unpaired) electrons. The van der Waals surface area contributed by atoms with Crippen LogP contribution in [0.25, 0.3) is 11.1 Å². The van der Waals surface area contributed by atoms with Crippen molar-refractivity contribution in [3.63, 3.8) is 0 Å². The van der Waals surface area contributed by atoms with Crippen LogP contribution in [0.2, 0.25) is 0 Å². The van der Waals surface area contributed by atoms with Gasteiger partial charge in [0.2, 0.25) is 11.8 Å². The van der Waals surface area contributed by atoms with E-state index in [9.17, 15) is 19.2 Å². The van der Waals surface area contributed by atoms with Crippen LogP contribution in [0.1, 0.15) is 57.1 Å². The number of hydrogen-bond donors (Lipinski definition) is 3. The zero-order chi connectivity index (χ0) is 26.3. The molecule has 1 aliphatic carbocycles. The number of amides is 3. The average Bonchev–Trinajstić information content (AvgIpc) is 3.13. The molecule has 0 aromatic heterocycles. The fourth-order valence-electron chi connectivity index (χ4n) is 4.19. The third-order valence-corrected chi connectivity index (χ3v) is 5.68. The molecule has 4 N–H and O–H groups in total. The lowest BCUT2D eigenvalue weighted by Gasteiger charge is -2.21. The second-order valence-electron chi connectivity index (χ2n) is 9.69. The van der Waals surface area contributed by atoms with Gasteiger partial charge in [0.05, 0.1) is 6.54 Å². The van der Waals surface area contributed by atoms with Gasteiger partial charge in [-0.3, -0.25) is 14.4 Å². The van der Waals surface area contributed by atoms with E-state index in [1.54, 1.807) is 20.8 Å². The number of nitrogens with one attached hydrogen (secondary N) is 2. The summed E-state index contributed by atoms with van der Waals surface area (Å²) in [6.45, 7) is 5.03. The van der Waals surface area contributed by atoms with E-state index >= 15 is 0 Å². The molecular weight excluding hydrogens is 462 g/mol. The third-order valence-electron chi connectivity index (χ3n) is 5.68. The van der Waals surface area contributed by atoms with Gasteiger partial charge >= 0.3 is 12.1 Å². The Kier molecular flexibility index (Phi) is 8.68. The van der Waals surface area contributed by atoms with Crippen LogP contribution in [-0.4, -0.2) is 48.7 Å². The minimum Gasteiger partial charge on any atom is -0.460 e. The van der Waals surface area contributed by atoms with Crippen molar-refractivity contribution in [1.82, 2.24) is 10.6 Å². The number of primary amides is 1. The molecule has 2 aromatic carbocycles. The number of fused-ring (bicyclic) bond motifs is 3. The molecule has 2 aromatic rings. The van der Waals surface area contributed by atoms with Crippen molar-refractivity contribution in [3.8, 4) is 11.1 Å². The molecule has 0 aliphatic heterocycles. The first-order chi connectivity index (χ1) is 17.0. The zero-order valence-electron chi connectivity index (χ0n) is 20.8. The Morgan fingerprint density at radius 1 is 0.972 bits per heavy atom. The topological polar surface area (TPSA) is 137 Å². The lowest BCUT2D eigenvalue weighted by atomic mass is 9.98. The van der Waals surface area contributed by atoms with Gasteiger partial charge in [-0.2, -0.15) is 0 Å². The zero-order valence-corrected chi connectivity index (χ0v) is 20.8. The molecule has 3 rings (SSSR count). The SMILES string of the molecule is CC(C)(C)OC(=O)CCC[C@H](NC(=O)OCC1c2ccccc2-c2ccccc21)C(=O)NCC(N)=O. The number of hydrogen-bond acceptors (Lipinski definition) is 6. The van der Waals surface area contributed by atoms with Crippen LogP contribution in [0.5, 0.6) is 0 Å². The van der Waals surface area contributed by atoms with Crippen molar-refractivity contribution in [2.75, 3.05) is 13.2 Å². The lowest BCUT2D eigenvalue weighted by molar-refractivity contribution is -0.155. The Hall–Kier alpha value is -3.88. The highest BCUT2D eigenvalue weighted by molar-refractivity contribution is 5.89. The summed E-state index contributed by atoms with van der Waals surface area (Å²) in [6, 6.07) is 14.9. The maximum Gasteiger partial charge on any atom is 0.407 e. The highest BCUT2D eigenvalue weighted by Gasteiger charge is 2.30. The smallest absolute Gasteiger partial charge is 0.407 e. The quantitative estimate of drug-likeness (QED) is 0.434. The van der Waals surface area contributed by atoms with Gasteiger partial charge in [-0.15, -0.1) is 0 Å². The van der Waals surface area contributed by atoms with Crippen molar-refractivity contribution in [3.05, 3.63) is 59.7 Å². The number of carbonyl (C=O) groups excluding carboxylic acids is 4. The van der Waals surface area contributed by atoms with Crippen LogP contribution in [0.4, 0.5) is 4.79 Å². The van der Waals surface area contributed by atoms with Gasteiger partial charge in [0, 0.05) is 12.3 Å². The molecule has 0 heterocycles. The Morgan fingerprint density at radius 3 is 2.11 bits per heavy atom. The standard InChI is InChI=1S/C27H33N3O6/c1-27(2,3)36-24(32)14-8-13-22(25(33)29-15-23(28)31)30-26(34)35-16-21-19-11-6-4-9-17(19)18-10-5-7-12-20(18)21/h4-7,9-12,21-22H,8,13-16H2,1-3H3,(H2,28,31)(H,29,33)(H,30,34)/t22-/m0/s1. The van der Waals surface area contributed by atoms with E-state index in [-0.39, 0.29) is 38.3 Å². The number of alkyl carbamates (subject to hydrolysis) is 1. The lowest BCUT2D eigenvalue weighted by Crippen LogP contribution is -2.48. The van der Waals surface area contributed by atoms with Crippen molar-refractivity contribution in [2.45, 2.75) is 57.6 Å². The first-order valence-electron chi connectivity index (χ1n) is 11.9. The number of benzene rings is 2. The van der Waals surface area contributed by atoms with Crippen LogP contribution in [0, 0.1) is 0 Å². The first kappa shape index (κ1) is 26.7. The van der Waals surface area contributed by atoms with Crippen LogP contribution in [0.3, 0.4) is 0 Å². The molecule has 0 bridgehead atoms. The van der Waals surface area contributed by atoms with Gasteiger partial charge in [0.25, 0.3) is 0 Å². The number of carbonyl (C=O) groups is 4. The van der Waals surface area contributed by atoms with Gasteiger partial charge in [-0.1, -0.05) is 48.5 Å². The van der Waals surface area contributed by atoms with Gasteiger partial charge in [0.15, 0.2) is 0 Å². The van der Waals surface area contributed by atoms with Crippen LogP contribution >= 0.6 is 0 Å². The summed E-state index contributed by atoms with van der Waals surface area (Å²) in [6.07, 6.45) is -0.266. The summed E-state index contributed by atoms with van der Waals surface area (Å²) in [5.41, 5.74) is 8.84. The summed E-state index contributed by atoms with van der Waals surface area (Å²) in [5.74, 6) is -1.83. The molecule has 9 nitrogen and oxygen atoms in total. The number of rotatable bonds is 10. The molecule has 1 aliphatic rings. The van der Waals surface area contributed by atoms with Gasteiger partial charge < -0.3 is 25.8 Å². The van der Waals surface area contributed by atoms with E-state index in [0.29, 0.717) is 0 Å². The second-order valence-corrected chi connectivity index (χ2v) is 9.69. The van der Waals surface area contributed by atoms with Crippen LogP contribution < -0.4 is 16.4 Å². The molecule has 192 valence electrons. The average molecular weight is 496 g/mol. The van der Waals surface area contributed by atoms with E-state index in [4.69, 9.17) is 15.2 Å². The van der Waals surface area contributed by atoms with Gasteiger partial charge in [-0.05, 0) is 55.9 Å². The second kappa shape index (κ2) is 11.7. The predicted octanol–water partition coefficient (Wildman–Crippen LogP) is 3.01. The van der Waals surface area contributed by atoms with Crippen molar-refractivity contribution >= 4 is 23.9 Å². The van der Waals surface area contributed by atoms with Crippen molar-refractivity contribution in [2.24, 2.45) is 5.73 Å². The Morgan fingerprint density at radius 2 is 1.56 bits per heavy atom. The Bertz CT molecular complexity index is 1080. The summed E-state index contributed by atoms with van der Waals surface area (Å²) in [4.78, 5) is 48.3. The molecule has 36 heavy (non-hydrogen) atoms. The molecule has 0 fully saturated rings. The molecule has 0 spiro atoms. The number of esters is 1. The van der Waals surface area contributed by atoms with E-state index in [1.807, 2.05) is 48.5 Å². The van der Waals surface area contributed by atoms with E-state index in [2.05, 4.69) is 10.6 Å². The summed E-state index contributed by atoms with van der Waals surface area (Å²) < 4.78 is 10.8. The molecule has 3 amide bonds. The molecule has 0 saturated carbocycles. The molecular formula is C27H33N3O6. The maximum atomic E-state index is 12.7. The summed E-state index contributed by atoms with van der Waals surface area (Å²) >= 11 is 0. The molecule has 0 unspecified atom stereocenters. The fourth-order valence-corrected chi connectivity index (χ4v) is 4.19. The predicted molar refractivity (Wildman–Crippen MR) is 134 cm³/mol. The summed E-state index contributed by atoms with van der Waals surface area (Å²) in [7, 11) is 0. The number of ether oxygens (including phenoxy) is 2. The van der Waals surface area contributed by atoms with E-state index < -0.39 is 35.5 Å². The minimum absolute atomic E-state index is 0.0727. The largest absolute Gasteiger partial charge is 0.460 e. The van der Waals surface area contributed by atoms with Crippen LogP contribution in [-0.2, 0) is 23.9 Å². The highest BCUT2D eigenvalue weighted by Crippen LogP contribution is 2.44. The van der Waals surface area contributed by atoms with E-state index in [1.165, 1.54) is 0 Å². The molecule has 1 atom stereocenters. The summed E-state index contributed by atoms with van der Waals surface area (Å²) in [5, 5.41) is 4.94. The first-order valence-corrected chi connectivity index (χ1v) is 11.9. The molecule has 0 saturated heterocycles. The minimum atomic E-state index is -1.01.